The number of aromatic nitrogens is 1. The van der Waals surface area contributed by atoms with Crippen molar-refractivity contribution in [2.75, 3.05) is 18.9 Å². The van der Waals surface area contributed by atoms with E-state index in [1.807, 2.05) is 30.1 Å². The molecule has 0 aliphatic heterocycles. The summed E-state index contributed by atoms with van der Waals surface area (Å²) >= 11 is 0. The number of anilines is 1. The third-order valence-electron chi connectivity index (χ3n) is 3.23. The first-order valence-electron chi connectivity index (χ1n) is 6.54. The van der Waals surface area contributed by atoms with Gasteiger partial charge in [-0.25, -0.2) is 0 Å². The van der Waals surface area contributed by atoms with Crippen LogP contribution in [-0.2, 0) is 4.79 Å². The van der Waals surface area contributed by atoms with Crippen LogP contribution in [0.4, 0.5) is 5.82 Å². The lowest BCUT2D eigenvalue weighted by Crippen LogP contribution is -2.32. The highest BCUT2D eigenvalue weighted by Gasteiger charge is 2.15. The molecule has 1 atom stereocenters. The van der Waals surface area contributed by atoms with E-state index in [0.29, 0.717) is 18.1 Å². The van der Waals surface area contributed by atoms with Crippen LogP contribution in [-0.4, -0.2) is 29.6 Å². The van der Waals surface area contributed by atoms with Crippen molar-refractivity contribution in [3.8, 4) is 0 Å². The first-order valence-corrected chi connectivity index (χ1v) is 6.54. The van der Waals surface area contributed by atoms with E-state index >= 15 is 0 Å². The number of carbonyl (C=O) groups excluding carboxylic acids is 1. The Bertz CT molecular complexity index is 566. The van der Waals surface area contributed by atoms with Gasteiger partial charge in [-0.05, 0) is 26.5 Å². The predicted octanol–water partition coefficient (Wildman–Crippen LogP) is 2.61. The number of carbonyl (C=O) groups is 1. The third kappa shape index (κ3) is 3.68. The van der Waals surface area contributed by atoms with Gasteiger partial charge < -0.3 is 9.84 Å². The van der Waals surface area contributed by atoms with Crippen LogP contribution >= 0.6 is 0 Å². The maximum atomic E-state index is 11.9. The Kier molecular flexibility index (Phi) is 4.53. The molecule has 0 saturated carbocycles. The average Bonchev–Trinajstić information content (AvgIpc) is 2.84. The van der Waals surface area contributed by atoms with E-state index in [1.54, 1.807) is 13.0 Å². The van der Waals surface area contributed by atoms with Crippen LogP contribution in [0.3, 0.4) is 0 Å². The summed E-state index contributed by atoms with van der Waals surface area (Å²) in [5.41, 5.74) is 1.18. The van der Waals surface area contributed by atoms with Crippen LogP contribution in [0, 0.1) is 6.92 Å². The molecule has 0 unspecified atom stereocenters. The van der Waals surface area contributed by atoms with Gasteiger partial charge in [-0.1, -0.05) is 35.5 Å². The second-order valence-corrected chi connectivity index (χ2v) is 4.87. The lowest BCUT2D eigenvalue weighted by molar-refractivity contribution is -0.117. The molecule has 0 spiro atoms. The van der Waals surface area contributed by atoms with E-state index in [-0.39, 0.29) is 11.9 Å². The predicted molar refractivity (Wildman–Crippen MR) is 77.4 cm³/mol. The maximum absolute atomic E-state index is 11.9. The first kappa shape index (κ1) is 14.3. The SMILES string of the molecule is Cc1cc(NC(=O)CN(C)[C@@H](C)c2ccccc2)no1. The zero-order valence-corrected chi connectivity index (χ0v) is 12.0. The summed E-state index contributed by atoms with van der Waals surface area (Å²) in [6, 6.07) is 11.9. The van der Waals surface area contributed by atoms with Gasteiger partial charge in [0.1, 0.15) is 5.76 Å². The number of likely N-dealkylation sites (N-methyl/N-ethyl adjacent to an activating group) is 1. The van der Waals surface area contributed by atoms with Gasteiger partial charge in [-0.2, -0.15) is 0 Å². The lowest BCUT2D eigenvalue weighted by Gasteiger charge is -2.24. The second-order valence-electron chi connectivity index (χ2n) is 4.87. The van der Waals surface area contributed by atoms with E-state index in [0.717, 1.165) is 0 Å². The second kappa shape index (κ2) is 6.34. The molecular formula is C15H19N3O2. The molecule has 0 aliphatic carbocycles. The molecule has 1 aromatic carbocycles. The number of nitrogens with one attached hydrogen (secondary N) is 1. The summed E-state index contributed by atoms with van der Waals surface area (Å²) in [5.74, 6) is 1.02. The van der Waals surface area contributed by atoms with Gasteiger partial charge in [0, 0.05) is 12.1 Å². The molecule has 1 amide bonds. The van der Waals surface area contributed by atoms with E-state index < -0.39 is 0 Å². The van der Waals surface area contributed by atoms with Crippen LogP contribution < -0.4 is 5.32 Å². The fraction of sp³-hybridized carbons (Fsp3) is 0.333. The van der Waals surface area contributed by atoms with Crippen molar-refractivity contribution in [3.63, 3.8) is 0 Å². The normalized spacial score (nSPS) is 12.4. The highest BCUT2D eigenvalue weighted by atomic mass is 16.5. The molecule has 0 aliphatic rings. The van der Waals surface area contributed by atoms with Crippen molar-refractivity contribution < 1.29 is 9.32 Å². The summed E-state index contributed by atoms with van der Waals surface area (Å²) < 4.78 is 4.91. The van der Waals surface area contributed by atoms with Crippen molar-refractivity contribution in [1.82, 2.24) is 10.1 Å². The van der Waals surface area contributed by atoms with Crippen LogP contribution in [0.1, 0.15) is 24.3 Å². The van der Waals surface area contributed by atoms with Crippen LogP contribution in [0.5, 0.6) is 0 Å². The minimum Gasteiger partial charge on any atom is -0.360 e. The van der Waals surface area contributed by atoms with Crippen molar-refractivity contribution >= 4 is 11.7 Å². The Balaban J connectivity index is 1.90. The molecule has 1 N–H and O–H groups in total. The summed E-state index contributed by atoms with van der Waals surface area (Å²) in [6.07, 6.45) is 0. The fourth-order valence-corrected chi connectivity index (χ4v) is 1.96. The van der Waals surface area contributed by atoms with Crippen molar-refractivity contribution in [3.05, 3.63) is 47.7 Å². The summed E-state index contributed by atoms with van der Waals surface area (Å²) in [7, 11) is 1.92. The average molecular weight is 273 g/mol. The number of amides is 1. The van der Waals surface area contributed by atoms with Gasteiger partial charge in [-0.15, -0.1) is 0 Å². The molecule has 2 aromatic rings. The molecule has 0 radical (unpaired) electrons. The van der Waals surface area contributed by atoms with Crippen molar-refractivity contribution in [1.29, 1.82) is 0 Å². The van der Waals surface area contributed by atoms with E-state index in [2.05, 4.69) is 29.5 Å². The molecular weight excluding hydrogens is 254 g/mol. The van der Waals surface area contributed by atoms with Crippen molar-refractivity contribution in [2.24, 2.45) is 0 Å². The van der Waals surface area contributed by atoms with Crippen molar-refractivity contribution in [2.45, 2.75) is 19.9 Å². The molecule has 5 nitrogen and oxygen atoms in total. The largest absolute Gasteiger partial charge is 0.360 e. The molecule has 0 saturated heterocycles. The van der Waals surface area contributed by atoms with Gasteiger partial charge in [0.15, 0.2) is 5.82 Å². The third-order valence-corrected chi connectivity index (χ3v) is 3.23. The summed E-state index contributed by atoms with van der Waals surface area (Å²) in [6.45, 7) is 4.15. The monoisotopic (exact) mass is 273 g/mol. The number of hydrogen-bond acceptors (Lipinski definition) is 4. The van der Waals surface area contributed by atoms with Gasteiger partial charge >= 0.3 is 0 Å². The van der Waals surface area contributed by atoms with Crippen LogP contribution in [0.2, 0.25) is 0 Å². The Hall–Kier alpha value is -2.14. The number of nitrogens with zero attached hydrogens (tertiary/aromatic N) is 2. The summed E-state index contributed by atoms with van der Waals surface area (Å²) in [5, 5.41) is 6.46. The minimum absolute atomic E-state index is 0.108. The highest BCUT2D eigenvalue weighted by Crippen LogP contribution is 2.17. The van der Waals surface area contributed by atoms with Gasteiger partial charge in [-0.3, -0.25) is 9.69 Å². The van der Waals surface area contributed by atoms with E-state index in [4.69, 9.17) is 4.52 Å². The molecule has 0 fully saturated rings. The Labute approximate surface area is 118 Å². The number of benzene rings is 1. The summed E-state index contributed by atoms with van der Waals surface area (Å²) in [4.78, 5) is 13.9. The Morgan fingerprint density at radius 2 is 2.10 bits per heavy atom. The van der Waals surface area contributed by atoms with Gasteiger partial charge in [0.2, 0.25) is 5.91 Å². The molecule has 2 rings (SSSR count). The fourth-order valence-electron chi connectivity index (χ4n) is 1.96. The zero-order valence-electron chi connectivity index (χ0n) is 12.0. The molecule has 0 bridgehead atoms. The Morgan fingerprint density at radius 3 is 2.70 bits per heavy atom. The maximum Gasteiger partial charge on any atom is 0.239 e. The molecule has 20 heavy (non-hydrogen) atoms. The molecule has 5 heteroatoms. The quantitative estimate of drug-likeness (QED) is 0.909. The number of rotatable bonds is 5. The van der Waals surface area contributed by atoms with Gasteiger partial charge in [0.25, 0.3) is 0 Å². The topological polar surface area (TPSA) is 58.4 Å². The van der Waals surface area contributed by atoms with Crippen LogP contribution in [0.15, 0.2) is 40.9 Å². The standard InChI is InChI=1S/C15H19N3O2/c1-11-9-14(17-20-11)16-15(19)10-18(3)12(2)13-7-5-4-6-8-13/h4-9,12H,10H2,1-3H3,(H,16,17,19)/t12-/m0/s1. The molecule has 106 valence electrons. The van der Waals surface area contributed by atoms with Gasteiger partial charge in [0.05, 0.1) is 6.54 Å². The number of aryl methyl sites for hydroxylation is 1. The molecule has 1 aromatic heterocycles. The first-order chi connectivity index (χ1) is 9.56. The van der Waals surface area contributed by atoms with E-state index in [1.165, 1.54) is 5.56 Å². The smallest absolute Gasteiger partial charge is 0.239 e. The van der Waals surface area contributed by atoms with Crippen LogP contribution in [0.25, 0.3) is 0 Å². The Morgan fingerprint density at radius 1 is 1.40 bits per heavy atom. The molecule has 1 heterocycles. The number of hydrogen-bond donors (Lipinski definition) is 1. The highest BCUT2D eigenvalue weighted by molar-refractivity contribution is 5.91. The zero-order chi connectivity index (χ0) is 14.5. The minimum atomic E-state index is -0.108. The lowest BCUT2D eigenvalue weighted by atomic mass is 10.1. The van der Waals surface area contributed by atoms with E-state index in [9.17, 15) is 4.79 Å².